The van der Waals surface area contributed by atoms with E-state index in [9.17, 15) is 19.5 Å². The minimum atomic E-state index is -1.03. The predicted molar refractivity (Wildman–Crippen MR) is 107 cm³/mol. The van der Waals surface area contributed by atoms with Gasteiger partial charge in [-0.1, -0.05) is 38.1 Å². The van der Waals surface area contributed by atoms with Crippen molar-refractivity contribution in [1.29, 1.82) is 0 Å². The number of carbonyl (C=O) groups is 3. The lowest BCUT2D eigenvalue weighted by molar-refractivity contribution is -0.149. The van der Waals surface area contributed by atoms with Gasteiger partial charge in [0.2, 0.25) is 5.91 Å². The van der Waals surface area contributed by atoms with Crippen LogP contribution in [0.15, 0.2) is 11.6 Å². The summed E-state index contributed by atoms with van der Waals surface area (Å²) in [5, 5.41) is 14.7. The lowest BCUT2D eigenvalue weighted by Crippen LogP contribution is -2.54. The molecule has 0 aromatic carbocycles. The zero-order chi connectivity index (χ0) is 20.8. The van der Waals surface area contributed by atoms with E-state index in [1.807, 2.05) is 40.7 Å². The Balaban J connectivity index is 3.03. The van der Waals surface area contributed by atoms with Crippen molar-refractivity contribution < 1.29 is 19.5 Å². The molecule has 0 aliphatic carbocycles. The van der Waals surface area contributed by atoms with Gasteiger partial charge in [-0.15, -0.1) is 6.42 Å². The highest BCUT2D eigenvalue weighted by Crippen LogP contribution is 2.29. The Bertz CT molecular complexity index is 644. The molecule has 1 aliphatic rings. The number of carboxylic acid groups (broad SMARTS) is 1. The normalized spacial score (nSPS) is 20.8. The van der Waals surface area contributed by atoms with E-state index in [0.717, 1.165) is 5.57 Å². The van der Waals surface area contributed by atoms with E-state index < -0.39 is 24.1 Å². The SMILES string of the molecule is C#CPNC(=O)N[C@@H](CC(C)(C)C)C(=O)N1CC(C=C(C)C)C[C@H]1C(=O)O. The zero-order valence-electron chi connectivity index (χ0n) is 16.6. The van der Waals surface area contributed by atoms with E-state index in [0.29, 0.717) is 19.4 Å². The number of carboxylic acids is 1. The van der Waals surface area contributed by atoms with Gasteiger partial charge in [-0.05, 0) is 38.0 Å². The monoisotopic (exact) mass is 395 g/mol. The lowest BCUT2D eigenvalue weighted by Gasteiger charge is -2.31. The van der Waals surface area contributed by atoms with Crippen LogP contribution in [-0.4, -0.2) is 46.5 Å². The number of likely N-dealkylation sites (tertiary alicyclic amines) is 1. The molecule has 0 spiro atoms. The molecule has 0 bridgehead atoms. The molecule has 27 heavy (non-hydrogen) atoms. The first-order chi connectivity index (χ1) is 12.4. The molecule has 8 heteroatoms. The van der Waals surface area contributed by atoms with Crippen LogP contribution in [0.2, 0.25) is 0 Å². The third kappa shape index (κ3) is 7.60. The second kappa shape index (κ2) is 9.75. The zero-order valence-corrected chi connectivity index (χ0v) is 17.6. The fourth-order valence-electron chi connectivity index (χ4n) is 3.24. The molecule has 1 heterocycles. The Kier molecular flexibility index (Phi) is 8.30. The molecule has 7 nitrogen and oxygen atoms in total. The molecule has 3 N–H and O–H groups in total. The molecule has 0 aromatic rings. The number of hydrogen-bond donors (Lipinski definition) is 3. The van der Waals surface area contributed by atoms with E-state index in [2.05, 4.69) is 16.1 Å². The first-order valence-corrected chi connectivity index (χ1v) is 9.90. The summed E-state index contributed by atoms with van der Waals surface area (Å²) in [5.74, 6) is -1.41. The molecule has 2 unspecified atom stereocenters. The largest absolute Gasteiger partial charge is 0.480 e. The highest BCUT2D eigenvalue weighted by molar-refractivity contribution is 7.42. The van der Waals surface area contributed by atoms with Crippen LogP contribution in [0.25, 0.3) is 0 Å². The van der Waals surface area contributed by atoms with Crippen molar-refractivity contribution >= 4 is 26.6 Å². The molecule has 0 aromatic heterocycles. The van der Waals surface area contributed by atoms with Crippen LogP contribution in [0.4, 0.5) is 4.79 Å². The maximum Gasteiger partial charge on any atom is 0.326 e. The highest BCUT2D eigenvalue weighted by Gasteiger charge is 2.42. The third-order valence-corrected chi connectivity index (χ3v) is 4.64. The summed E-state index contributed by atoms with van der Waals surface area (Å²) in [7, 11) is -0.193. The molecule has 4 atom stereocenters. The molecule has 0 saturated carbocycles. The number of hydrogen-bond acceptors (Lipinski definition) is 3. The fraction of sp³-hybridized carbons (Fsp3) is 0.632. The predicted octanol–water partition coefficient (Wildman–Crippen LogP) is 2.54. The number of amides is 3. The smallest absolute Gasteiger partial charge is 0.326 e. The Morgan fingerprint density at radius 1 is 1.37 bits per heavy atom. The summed E-state index contributed by atoms with van der Waals surface area (Å²) in [4.78, 5) is 38.2. The first-order valence-electron chi connectivity index (χ1n) is 8.90. The average molecular weight is 395 g/mol. The van der Waals surface area contributed by atoms with Crippen LogP contribution in [-0.2, 0) is 9.59 Å². The maximum atomic E-state index is 13.1. The molecular weight excluding hydrogens is 365 g/mol. The Morgan fingerprint density at radius 3 is 2.48 bits per heavy atom. The molecule has 150 valence electrons. The second-order valence-corrected chi connectivity index (χ2v) is 9.06. The van der Waals surface area contributed by atoms with E-state index in [1.54, 1.807) is 0 Å². The highest BCUT2D eigenvalue weighted by atomic mass is 31.1. The van der Waals surface area contributed by atoms with Crippen molar-refractivity contribution in [3.8, 4) is 12.1 Å². The molecule has 0 radical (unpaired) electrons. The summed E-state index contributed by atoms with van der Waals surface area (Å²) in [6, 6.07) is -2.24. The summed E-state index contributed by atoms with van der Waals surface area (Å²) >= 11 is 0. The number of allylic oxidation sites excluding steroid dienone is 1. The van der Waals surface area contributed by atoms with Gasteiger partial charge >= 0.3 is 12.0 Å². The molecular formula is C19H30N3O4P. The topological polar surface area (TPSA) is 98.7 Å². The second-order valence-electron chi connectivity index (χ2n) is 8.27. The molecule has 3 amide bonds. The van der Waals surface area contributed by atoms with Crippen LogP contribution < -0.4 is 10.4 Å². The number of nitrogens with zero attached hydrogens (tertiary/aromatic N) is 1. The minimum Gasteiger partial charge on any atom is -0.480 e. The van der Waals surface area contributed by atoms with E-state index in [4.69, 9.17) is 6.42 Å². The Morgan fingerprint density at radius 2 is 2.00 bits per heavy atom. The number of terminal acetylenes is 1. The van der Waals surface area contributed by atoms with Crippen LogP contribution in [0, 0.1) is 23.4 Å². The summed E-state index contributed by atoms with van der Waals surface area (Å²) < 4.78 is 0. The summed E-state index contributed by atoms with van der Waals surface area (Å²) in [6.45, 7) is 10.1. The van der Waals surface area contributed by atoms with Crippen LogP contribution >= 0.6 is 8.73 Å². The first kappa shape index (κ1) is 23.0. The van der Waals surface area contributed by atoms with Crippen LogP contribution in [0.1, 0.15) is 47.5 Å². The number of nitrogens with one attached hydrogen (secondary N) is 2. The average Bonchev–Trinajstić information content (AvgIpc) is 2.93. The number of rotatable bonds is 6. The van der Waals surface area contributed by atoms with E-state index in [-0.39, 0.29) is 26.0 Å². The van der Waals surface area contributed by atoms with Crippen molar-refractivity contribution in [3.05, 3.63) is 11.6 Å². The third-order valence-electron chi connectivity index (χ3n) is 4.14. The number of urea groups is 1. The van der Waals surface area contributed by atoms with Gasteiger partial charge in [0.1, 0.15) is 12.1 Å². The maximum absolute atomic E-state index is 13.1. The van der Waals surface area contributed by atoms with Crippen LogP contribution in [0.3, 0.4) is 0 Å². The molecule has 1 saturated heterocycles. The van der Waals surface area contributed by atoms with Gasteiger partial charge in [-0.2, -0.15) is 0 Å². The van der Waals surface area contributed by atoms with Gasteiger partial charge in [0.05, 0.1) is 8.73 Å². The fourth-order valence-corrected chi connectivity index (χ4v) is 3.50. The van der Waals surface area contributed by atoms with Gasteiger partial charge in [0.25, 0.3) is 0 Å². The molecule has 1 aliphatic heterocycles. The van der Waals surface area contributed by atoms with Gasteiger partial charge < -0.3 is 20.4 Å². The van der Waals surface area contributed by atoms with Gasteiger partial charge in [0.15, 0.2) is 0 Å². The van der Waals surface area contributed by atoms with Crippen molar-refractivity contribution in [3.63, 3.8) is 0 Å². The van der Waals surface area contributed by atoms with Crippen molar-refractivity contribution in [1.82, 2.24) is 15.3 Å². The van der Waals surface area contributed by atoms with E-state index >= 15 is 0 Å². The quantitative estimate of drug-likeness (QED) is 0.366. The standard InChI is InChI=1S/C19H30N3O4P/c1-7-27-21-18(26)20-14(10-19(4,5)6)16(23)22-11-13(8-12(2)3)9-15(22)17(24)25/h1,8,13-15,27H,9-11H2,2-6H3,(H,24,25)(H2,20,21,26)/t13?,14-,15-/m0/s1. The lowest BCUT2D eigenvalue weighted by atomic mass is 9.87. The van der Waals surface area contributed by atoms with Gasteiger partial charge in [-0.3, -0.25) is 4.79 Å². The van der Waals surface area contributed by atoms with Crippen molar-refractivity contribution in [2.24, 2.45) is 11.3 Å². The summed E-state index contributed by atoms with van der Waals surface area (Å²) in [5.41, 5.74) is 3.17. The molecule has 1 fully saturated rings. The molecule has 1 rings (SSSR count). The Hall–Kier alpha value is -2.06. The van der Waals surface area contributed by atoms with Gasteiger partial charge in [0, 0.05) is 6.54 Å². The minimum absolute atomic E-state index is 0.00733. The number of aliphatic carboxylic acids is 1. The summed E-state index contributed by atoms with van der Waals surface area (Å²) in [6.07, 6.45) is 7.90. The van der Waals surface area contributed by atoms with E-state index in [1.165, 1.54) is 4.90 Å². The van der Waals surface area contributed by atoms with Crippen LogP contribution in [0.5, 0.6) is 0 Å². The number of carbonyl (C=O) groups excluding carboxylic acids is 2. The van der Waals surface area contributed by atoms with Gasteiger partial charge in [-0.25, -0.2) is 9.59 Å². The van der Waals surface area contributed by atoms with Crippen molar-refractivity contribution in [2.45, 2.75) is 59.5 Å². The van der Waals surface area contributed by atoms with Crippen molar-refractivity contribution in [2.75, 3.05) is 6.54 Å². The Labute approximate surface area is 163 Å².